The number of hydrogen-bond acceptors (Lipinski definition) is 8. The van der Waals surface area contributed by atoms with E-state index in [1.54, 1.807) is 0 Å². The lowest BCUT2D eigenvalue weighted by Crippen LogP contribution is -2.53. The lowest BCUT2D eigenvalue weighted by Gasteiger charge is -2.32. The Balaban J connectivity index is 1.61. The Morgan fingerprint density at radius 3 is 2.02 bits per heavy atom. The minimum atomic E-state index is -1.30. The van der Waals surface area contributed by atoms with Crippen LogP contribution in [0, 0.1) is 18.3 Å². The molecule has 1 aromatic heterocycles. The van der Waals surface area contributed by atoms with E-state index in [9.17, 15) is 9.59 Å². The lowest BCUT2D eigenvalue weighted by molar-refractivity contribution is -0.123. The first kappa shape index (κ1) is 34.0. The monoisotopic (exact) mass is 640 g/mol. The van der Waals surface area contributed by atoms with Crippen LogP contribution in [0.25, 0.3) is 0 Å². The van der Waals surface area contributed by atoms with Crippen LogP contribution in [0.3, 0.4) is 0 Å². The molecule has 0 spiro atoms. The summed E-state index contributed by atoms with van der Waals surface area (Å²) in [5.74, 6) is 0.445. The van der Waals surface area contributed by atoms with Gasteiger partial charge in [-0.1, -0.05) is 71.0 Å². The molecule has 3 aromatic rings. The van der Waals surface area contributed by atoms with E-state index in [-0.39, 0.29) is 23.1 Å². The van der Waals surface area contributed by atoms with Crippen molar-refractivity contribution in [2.24, 2.45) is 28.4 Å². The van der Waals surface area contributed by atoms with Crippen molar-refractivity contribution in [2.45, 2.75) is 79.0 Å². The maximum Gasteiger partial charge on any atom is 0.255 e. The number of aromatic nitrogens is 2. The van der Waals surface area contributed by atoms with Gasteiger partial charge < -0.3 is 19.9 Å². The van der Waals surface area contributed by atoms with Crippen molar-refractivity contribution >= 4 is 23.4 Å². The molecule has 0 radical (unpaired) electrons. The maximum absolute atomic E-state index is 12.7. The molecule has 2 aliphatic heterocycles. The molecule has 3 heterocycles. The number of aliphatic imine (C=N–C) groups is 2. The number of ether oxygens (including phenoxy) is 1. The molecule has 2 aromatic carbocycles. The number of nitrogens with one attached hydrogen (secondary N) is 4. The minimum Gasteiger partial charge on any atom is -0.439 e. The zero-order valence-corrected chi connectivity index (χ0v) is 29.0. The van der Waals surface area contributed by atoms with Crippen molar-refractivity contribution in [3.63, 3.8) is 0 Å². The van der Waals surface area contributed by atoms with E-state index in [2.05, 4.69) is 21.3 Å². The summed E-state index contributed by atoms with van der Waals surface area (Å²) in [5.41, 5.74) is 4.10. The first-order chi connectivity index (χ1) is 22.2. The van der Waals surface area contributed by atoms with Crippen LogP contribution in [0.2, 0.25) is 0 Å². The summed E-state index contributed by atoms with van der Waals surface area (Å²) in [7, 11) is 5.62. The van der Waals surface area contributed by atoms with Crippen LogP contribution >= 0.6 is 0 Å². The van der Waals surface area contributed by atoms with Crippen LogP contribution in [-0.4, -0.2) is 47.1 Å². The first-order valence-corrected chi connectivity index (χ1v) is 16.2. The van der Waals surface area contributed by atoms with E-state index >= 15 is 0 Å². The van der Waals surface area contributed by atoms with Crippen molar-refractivity contribution in [1.29, 1.82) is 0 Å². The normalized spacial score (nSPS) is 18.2. The van der Waals surface area contributed by atoms with Gasteiger partial charge in [0.05, 0.1) is 0 Å². The highest BCUT2D eigenvalue weighted by Crippen LogP contribution is 2.44. The number of nitrogens with zero attached hydrogens (tertiary/aromatic N) is 4. The van der Waals surface area contributed by atoms with E-state index < -0.39 is 11.5 Å². The molecule has 250 valence electrons. The second-order valence-electron chi connectivity index (χ2n) is 14.0. The summed E-state index contributed by atoms with van der Waals surface area (Å²) in [6, 6.07) is 15.9. The SMILES string of the molecule is CNC1(NC)N=C2OC(c3cccc(CNC(=O)CC(C)C)c3)(c3cccc(CNC(=O)CC(C)(C)C)c3)N=C2c2c1nc(C)n2C. The molecule has 0 saturated carbocycles. The van der Waals surface area contributed by atoms with Gasteiger partial charge in [-0.25, -0.2) is 15.0 Å². The third-order valence-corrected chi connectivity index (χ3v) is 8.50. The molecule has 47 heavy (non-hydrogen) atoms. The van der Waals surface area contributed by atoms with Crippen LogP contribution in [-0.2, 0) is 46.0 Å². The number of aryl methyl sites for hydroxylation is 1. The number of amides is 2. The summed E-state index contributed by atoms with van der Waals surface area (Å²) in [6.45, 7) is 12.9. The fourth-order valence-corrected chi connectivity index (χ4v) is 6.05. The zero-order valence-electron chi connectivity index (χ0n) is 29.0. The smallest absolute Gasteiger partial charge is 0.255 e. The van der Waals surface area contributed by atoms with Gasteiger partial charge in [-0.15, -0.1) is 0 Å². The number of benzene rings is 2. The van der Waals surface area contributed by atoms with Gasteiger partial charge in [0.1, 0.15) is 17.2 Å². The molecular formula is C36H48N8O3. The Morgan fingerprint density at radius 1 is 0.915 bits per heavy atom. The van der Waals surface area contributed by atoms with Crippen molar-refractivity contribution in [3.8, 4) is 0 Å². The van der Waals surface area contributed by atoms with Crippen LogP contribution in [0.5, 0.6) is 0 Å². The molecule has 0 fully saturated rings. The highest BCUT2D eigenvalue weighted by Gasteiger charge is 2.51. The zero-order chi connectivity index (χ0) is 34.1. The average molecular weight is 641 g/mol. The Kier molecular flexibility index (Phi) is 9.43. The predicted molar refractivity (Wildman–Crippen MR) is 184 cm³/mol. The fourth-order valence-electron chi connectivity index (χ4n) is 6.05. The molecule has 5 rings (SSSR count). The van der Waals surface area contributed by atoms with Crippen molar-refractivity contribution in [2.75, 3.05) is 14.1 Å². The molecule has 0 saturated heterocycles. The van der Waals surface area contributed by atoms with Gasteiger partial charge in [-0.2, -0.15) is 0 Å². The summed E-state index contributed by atoms with van der Waals surface area (Å²) in [5, 5.41) is 12.7. The topological polar surface area (TPSA) is 134 Å². The van der Waals surface area contributed by atoms with Gasteiger partial charge in [0.15, 0.2) is 5.71 Å². The second kappa shape index (κ2) is 13.0. The van der Waals surface area contributed by atoms with Crippen LogP contribution in [0.15, 0.2) is 58.5 Å². The van der Waals surface area contributed by atoms with E-state index in [0.29, 0.717) is 43.2 Å². The molecule has 0 bridgehead atoms. The Hall–Kier alpha value is -4.35. The molecule has 2 amide bonds. The predicted octanol–water partition coefficient (Wildman–Crippen LogP) is 4.13. The van der Waals surface area contributed by atoms with Crippen LogP contribution in [0.4, 0.5) is 0 Å². The average Bonchev–Trinajstić information content (AvgIpc) is 3.55. The Bertz CT molecular complexity index is 1730. The Labute approximate surface area is 277 Å². The molecule has 2 aliphatic rings. The largest absolute Gasteiger partial charge is 0.439 e. The van der Waals surface area contributed by atoms with Crippen molar-refractivity contribution in [1.82, 2.24) is 30.8 Å². The van der Waals surface area contributed by atoms with Gasteiger partial charge >= 0.3 is 0 Å². The number of fused-ring (bicyclic) bond motifs is 3. The number of hydrogen-bond donors (Lipinski definition) is 4. The maximum atomic E-state index is 12.7. The van der Waals surface area contributed by atoms with Crippen molar-refractivity contribution in [3.05, 3.63) is 88.0 Å². The van der Waals surface area contributed by atoms with Gasteiger partial charge in [0, 0.05) is 44.1 Å². The molecule has 1 atom stereocenters. The molecule has 11 heteroatoms. The van der Waals surface area contributed by atoms with Crippen LogP contribution in [0.1, 0.15) is 86.9 Å². The fraction of sp³-hybridized carbons (Fsp3) is 0.472. The number of carbonyl (C=O) groups excluding carboxylic acids is 2. The molecular weight excluding hydrogens is 592 g/mol. The number of rotatable bonds is 11. The summed E-state index contributed by atoms with van der Waals surface area (Å²) >= 11 is 0. The molecule has 0 aliphatic carbocycles. The van der Waals surface area contributed by atoms with Crippen molar-refractivity contribution < 1.29 is 14.3 Å². The summed E-state index contributed by atoms with van der Waals surface area (Å²) in [4.78, 5) is 40.4. The first-order valence-electron chi connectivity index (χ1n) is 16.2. The van der Waals surface area contributed by atoms with E-state index in [1.807, 2.05) is 116 Å². The van der Waals surface area contributed by atoms with Gasteiger partial charge in [-0.3, -0.25) is 20.2 Å². The number of imidazole rings is 1. The third kappa shape index (κ3) is 6.87. The van der Waals surface area contributed by atoms with Gasteiger partial charge in [-0.05, 0) is 55.6 Å². The second-order valence-corrected chi connectivity index (χ2v) is 14.0. The standard InChI is InChI=1S/C36H48N8O3/c1-22(2)16-28(45)39-20-24-12-10-14-26(17-24)35(27-15-11-13-25(18-27)21-40-29(46)19-34(4,5)6)42-30-31-32(41-23(3)44(31)9)36(37-7,38-8)43-33(30)47-35/h10-15,17-18,22,37-38H,16,19-21H2,1-9H3,(H,39,45)(H,40,46). The molecule has 1 unspecified atom stereocenters. The highest BCUT2D eigenvalue weighted by atomic mass is 16.5. The lowest BCUT2D eigenvalue weighted by atomic mass is 9.91. The highest BCUT2D eigenvalue weighted by molar-refractivity contribution is 6.47. The molecule has 11 nitrogen and oxygen atoms in total. The third-order valence-electron chi connectivity index (χ3n) is 8.50. The quantitative estimate of drug-likeness (QED) is 0.233. The summed E-state index contributed by atoms with van der Waals surface area (Å²) < 4.78 is 8.94. The Morgan fingerprint density at radius 2 is 1.49 bits per heavy atom. The van der Waals surface area contributed by atoms with E-state index in [1.165, 1.54) is 0 Å². The van der Waals surface area contributed by atoms with Gasteiger partial charge in [0.2, 0.25) is 23.5 Å². The number of carbonyl (C=O) groups is 2. The van der Waals surface area contributed by atoms with E-state index in [0.717, 1.165) is 33.8 Å². The van der Waals surface area contributed by atoms with E-state index in [4.69, 9.17) is 19.7 Å². The molecule has 4 N–H and O–H groups in total. The van der Waals surface area contributed by atoms with Crippen LogP contribution < -0.4 is 21.3 Å². The van der Waals surface area contributed by atoms with Gasteiger partial charge in [0.25, 0.3) is 5.72 Å². The summed E-state index contributed by atoms with van der Waals surface area (Å²) in [6.07, 6.45) is 0.892. The minimum absolute atomic E-state index is 0.00264.